The third-order valence-corrected chi connectivity index (χ3v) is 1.96. The lowest BCUT2D eigenvalue weighted by atomic mass is 10.4. The molecular weight excluding hydrogens is 206 g/mol. The molecule has 6 nitrogen and oxygen atoms in total. The maximum absolute atomic E-state index is 5.46. The van der Waals surface area contributed by atoms with Crippen molar-refractivity contribution in [1.29, 1.82) is 0 Å². The van der Waals surface area contributed by atoms with Crippen molar-refractivity contribution in [2.45, 2.75) is 33.2 Å². The van der Waals surface area contributed by atoms with Crippen LogP contribution in [0.4, 0.5) is 0 Å². The summed E-state index contributed by atoms with van der Waals surface area (Å²) in [5.41, 5.74) is 0.861. The zero-order valence-corrected chi connectivity index (χ0v) is 10.2. The fraction of sp³-hybridized carbons (Fsp3) is 0.800. The molecule has 1 aromatic rings. The van der Waals surface area contributed by atoms with Crippen molar-refractivity contribution < 1.29 is 4.74 Å². The number of nitrogens with one attached hydrogen (secondary N) is 2. The Morgan fingerprint density at radius 2 is 2.31 bits per heavy atom. The number of aromatic nitrogens is 3. The van der Waals surface area contributed by atoms with Crippen molar-refractivity contribution in [3.8, 4) is 0 Å². The van der Waals surface area contributed by atoms with Crippen molar-refractivity contribution in [3.05, 3.63) is 11.9 Å². The second kappa shape index (κ2) is 7.32. The summed E-state index contributed by atoms with van der Waals surface area (Å²) in [6, 6.07) is 0.500. The van der Waals surface area contributed by atoms with Gasteiger partial charge in [0.25, 0.3) is 0 Å². The predicted octanol–water partition coefficient (Wildman–Crippen LogP) is -0.0304. The van der Waals surface area contributed by atoms with Crippen LogP contribution in [-0.2, 0) is 18.0 Å². The van der Waals surface area contributed by atoms with E-state index in [1.165, 1.54) is 0 Å². The molecule has 0 aromatic carbocycles. The van der Waals surface area contributed by atoms with Crippen LogP contribution in [0.15, 0.2) is 6.20 Å². The lowest BCUT2D eigenvalue weighted by Gasteiger charge is -2.07. The molecule has 0 aliphatic carbocycles. The summed E-state index contributed by atoms with van der Waals surface area (Å²) in [5, 5.41) is 14.2. The first-order valence-electron chi connectivity index (χ1n) is 5.57. The van der Waals surface area contributed by atoms with Gasteiger partial charge in [-0.05, 0) is 7.05 Å². The average Bonchev–Trinajstić information content (AvgIpc) is 2.65. The molecule has 2 N–H and O–H groups in total. The molecule has 0 spiro atoms. The van der Waals surface area contributed by atoms with E-state index in [0.717, 1.165) is 12.2 Å². The highest BCUT2D eigenvalue weighted by molar-refractivity contribution is 4.89. The molecule has 0 fully saturated rings. The van der Waals surface area contributed by atoms with Crippen LogP contribution < -0.4 is 10.6 Å². The first-order valence-corrected chi connectivity index (χ1v) is 5.57. The number of nitrogens with zero attached hydrogens (tertiary/aromatic N) is 3. The van der Waals surface area contributed by atoms with Gasteiger partial charge in [-0.15, -0.1) is 5.10 Å². The van der Waals surface area contributed by atoms with Crippen LogP contribution in [0.2, 0.25) is 0 Å². The van der Waals surface area contributed by atoms with Gasteiger partial charge in [-0.3, -0.25) is 0 Å². The standard InChI is InChI=1S/C10H21N5O/c1-9(2)12-4-5-16-7-10-6-15(8-11-3)14-13-10/h6,9,11-12H,4-5,7-8H2,1-3H3. The highest BCUT2D eigenvalue weighted by atomic mass is 16.5. The molecule has 0 aliphatic rings. The summed E-state index contributed by atoms with van der Waals surface area (Å²) in [6.07, 6.45) is 1.88. The van der Waals surface area contributed by atoms with E-state index in [1.54, 1.807) is 4.68 Å². The van der Waals surface area contributed by atoms with Crippen molar-refractivity contribution in [2.75, 3.05) is 20.2 Å². The molecule has 1 heterocycles. The van der Waals surface area contributed by atoms with Crippen LogP contribution in [-0.4, -0.2) is 41.2 Å². The third-order valence-electron chi connectivity index (χ3n) is 1.96. The van der Waals surface area contributed by atoms with Gasteiger partial charge in [0.05, 0.1) is 26.1 Å². The Labute approximate surface area is 96.4 Å². The first-order chi connectivity index (χ1) is 7.72. The fourth-order valence-electron chi connectivity index (χ4n) is 1.24. The van der Waals surface area contributed by atoms with Gasteiger partial charge in [0.15, 0.2) is 0 Å². The van der Waals surface area contributed by atoms with E-state index in [-0.39, 0.29) is 0 Å². The number of hydrogen-bond acceptors (Lipinski definition) is 5. The Balaban J connectivity index is 2.12. The monoisotopic (exact) mass is 227 g/mol. The van der Waals surface area contributed by atoms with E-state index < -0.39 is 0 Å². The van der Waals surface area contributed by atoms with Crippen LogP contribution in [0.5, 0.6) is 0 Å². The molecule has 0 radical (unpaired) electrons. The minimum atomic E-state index is 0.500. The zero-order chi connectivity index (χ0) is 11.8. The van der Waals surface area contributed by atoms with Crippen molar-refractivity contribution in [3.63, 3.8) is 0 Å². The Hall–Kier alpha value is -0.980. The topological polar surface area (TPSA) is 64.0 Å². The van der Waals surface area contributed by atoms with Gasteiger partial charge in [-0.1, -0.05) is 19.1 Å². The van der Waals surface area contributed by atoms with Gasteiger partial charge < -0.3 is 15.4 Å². The molecule has 0 unspecified atom stereocenters. The van der Waals surface area contributed by atoms with E-state index >= 15 is 0 Å². The molecule has 6 heteroatoms. The van der Waals surface area contributed by atoms with Gasteiger partial charge in [-0.25, -0.2) is 4.68 Å². The van der Waals surface area contributed by atoms with Gasteiger partial charge in [-0.2, -0.15) is 0 Å². The highest BCUT2D eigenvalue weighted by Gasteiger charge is 2.00. The summed E-state index contributed by atoms with van der Waals surface area (Å²) < 4.78 is 7.20. The predicted molar refractivity (Wildman–Crippen MR) is 61.9 cm³/mol. The van der Waals surface area contributed by atoms with Crippen LogP contribution >= 0.6 is 0 Å². The SMILES string of the molecule is CNCn1cc(COCCNC(C)C)nn1. The normalized spacial score (nSPS) is 11.2. The third kappa shape index (κ3) is 5.20. The summed E-state index contributed by atoms with van der Waals surface area (Å²) in [7, 11) is 1.87. The van der Waals surface area contributed by atoms with E-state index in [1.807, 2.05) is 13.2 Å². The van der Waals surface area contributed by atoms with Crippen LogP contribution in [0.3, 0.4) is 0 Å². The molecule has 16 heavy (non-hydrogen) atoms. The molecule has 92 valence electrons. The van der Waals surface area contributed by atoms with E-state index in [2.05, 4.69) is 34.8 Å². The highest BCUT2D eigenvalue weighted by Crippen LogP contribution is 1.94. The van der Waals surface area contributed by atoms with Crippen molar-refractivity contribution in [2.24, 2.45) is 0 Å². The molecular formula is C10H21N5O. The number of ether oxygens (including phenoxy) is 1. The van der Waals surface area contributed by atoms with Crippen LogP contribution in [0.25, 0.3) is 0 Å². The second-order valence-electron chi connectivity index (χ2n) is 3.92. The van der Waals surface area contributed by atoms with E-state index in [0.29, 0.717) is 25.9 Å². The molecule has 0 saturated heterocycles. The number of hydrogen-bond donors (Lipinski definition) is 2. The van der Waals surface area contributed by atoms with Gasteiger partial charge in [0.2, 0.25) is 0 Å². The molecule has 0 amide bonds. The molecule has 0 saturated carbocycles. The van der Waals surface area contributed by atoms with Crippen molar-refractivity contribution in [1.82, 2.24) is 25.6 Å². The van der Waals surface area contributed by atoms with E-state index in [9.17, 15) is 0 Å². The smallest absolute Gasteiger partial charge is 0.108 e. The zero-order valence-electron chi connectivity index (χ0n) is 10.2. The average molecular weight is 227 g/mol. The largest absolute Gasteiger partial charge is 0.374 e. The van der Waals surface area contributed by atoms with Gasteiger partial charge in [0.1, 0.15) is 5.69 Å². The quantitative estimate of drug-likeness (QED) is 0.611. The van der Waals surface area contributed by atoms with Gasteiger partial charge in [0, 0.05) is 12.6 Å². The minimum Gasteiger partial charge on any atom is -0.374 e. The summed E-state index contributed by atoms with van der Waals surface area (Å²) >= 11 is 0. The second-order valence-corrected chi connectivity index (χ2v) is 3.92. The first kappa shape index (κ1) is 13.1. The lowest BCUT2D eigenvalue weighted by molar-refractivity contribution is 0.119. The van der Waals surface area contributed by atoms with E-state index in [4.69, 9.17) is 4.74 Å². The van der Waals surface area contributed by atoms with Gasteiger partial charge >= 0.3 is 0 Å². The number of rotatable bonds is 8. The van der Waals surface area contributed by atoms with Crippen LogP contribution in [0, 0.1) is 0 Å². The Bertz CT molecular complexity index is 286. The Morgan fingerprint density at radius 3 is 3.00 bits per heavy atom. The van der Waals surface area contributed by atoms with Crippen molar-refractivity contribution >= 4 is 0 Å². The lowest BCUT2D eigenvalue weighted by Crippen LogP contribution is -2.26. The Kier molecular flexibility index (Phi) is 5.99. The summed E-state index contributed by atoms with van der Waals surface area (Å²) in [5.74, 6) is 0. The maximum atomic E-state index is 5.46. The molecule has 1 aromatic heterocycles. The summed E-state index contributed by atoms with van der Waals surface area (Å²) in [6.45, 7) is 6.97. The molecule has 0 atom stereocenters. The summed E-state index contributed by atoms with van der Waals surface area (Å²) in [4.78, 5) is 0. The fourth-order valence-corrected chi connectivity index (χ4v) is 1.24. The van der Waals surface area contributed by atoms with Crippen LogP contribution in [0.1, 0.15) is 19.5 Å². The molecule has 0 bridgehead atoms. The maximum Gasteiger partial charge on any atom is 0.108 e. The molecule has 1 rings (SSSR count). The molecule has 0 aliphatic heterocycles. The Morgan fingerprint density at radius 1 is 1.50 bits per heavy atom. The minimum absolute atomic E-state index is 0.500.